The van der Waals surface area contributed by atoms with E-state index in [1.807, 2.05) is 0 Å². The van der Waals surface area contributed by atoms with Crippen LogP contribution in [0.25, 0.3) is 0 Å². The predicted molar refractivity (Wildman–Crippen MR) is 97.7 cm³/mol. The molecular weight excluding hydrogens is 369 g/mol. The predicted octanol–water partition coefficient (Wildman–Crippen LogP) is 1.39. The molecule has 25 heavy (non-hydrogen) atoms. The summed E-state index contributed by atoms with van der Waals surface area (Å²) in [5, 5.41) is 3.17. The summed E-state index contributed by atoms with van der Waals surface area (Å²) in [7, 11) is -3.64. The number of piperazine rings is 1. The summed E-state index contributed by atoms with van der Waals surface area (Å²) < 4.78 is 39.5. The number of nitrogens with one attached hydrogen (secondary N) is 1. The third-order valence-corrected chi connectivity index (χ3v) is 6.12. The number of carbonyl (C=O) groups excluding carboxylic acids is 1. The van der Waals surface area contributed by atoms with Gasteiger partial charge in [-0.15, -0.1) is 12.4 Å². The first-order chi connectivity index (χ1) is 11.4. The van der Waals surface area contributed by atoms with Crippen LogP contribution in [0.5, 0.6) is 0 Å². The first-order valence-corrected chi connectivity index (χ1v) is 9.73. The Kier molecular flexibility index (Phi) is 8.27. The second-order valence-electron chi connectivity index (χ2n) is 5.70. The van der Waals surface area contributed by atoms with Crippen molar-refractivity contribution < 1.29 is 17.6 Å². The van der Waals surface area contributed by atoms with Crippen LogP contribution in [0.2, 0.25) is 0 Å². The van der Waals surface area contributed by atoms with Crippen molar-refractivity contribution in [3.8, 4) is 0 Å². The molecular formula is C16H25ClFN3O3S. The molecule has 0 aliphatic carbocycles. The zero-order valence-electron chi connectivity index (χ0n) is 14.4. The standard InChI is InChI=1S/C16H24FN3O3S.ClH/c1-3-19(4-2)24(22,23)12-16(21)20-9-8-18-11-15(20)13-6-5-7-14(17)10-13;/h5-7,10,15,18H,3-4,8-9,11-12H2,1-2H3;1H. The molecule has 142 valence electrons. The van der Waals surface area contributed by atoms with Crippen LogP contribution in [0.3, 0.4) is 0 Å². The minimum atomic E-state index is -3.64. The summed E-state index contributed by atoms with van der Waals surface area (Å²) in [4.78, 5) is 14.2. The van der Waals surface area contributed by atoms with Gasteiger partial charge in [0.15, 0.2) is 0 Å². The lowest BCUT2D eigenvalue weighted by atomic mass is 10.0. The summed E-state index contributed by atoms with van der Waals surface area (Å²) in [5.41, 5.74) is 0.663. The van der Waals surface area contributed by atoms with E-state index in [2.05, 4.69) is 5.32 Å². The molecule has 6 nitrogen and oxygen atoms in total. The van der Waals surface area contributed by atoms with Crippen molar-refractivity contribution >= 4 is 28.3 Å². The monoisotopic (exact) mass is 393 g/mol. The van der Waals surface area contributed by atoms with Gasteiger partial charge in [0.25, 0.3) is 0 Å². The highest BCUT2D eigenvalue weighted by Crippen LogP contribution is 2.23. The maximum atomic E-state index is 13.5. The molecule has 0 aromatic heterocycles. The van der Waals surface area contributed by atoms with Gasteiger partial charge < -0.3 is 10.2 Å². The molecule has 0 spiro atoms. The third kappa shape index (κ3) is 5.37. The minimum absolute atomic E-state index is 0. The van der Waals surface area contributed by atoms with Gasteiger partial charge in [-0.25, -0.2) is 17.1 Å². The normalized spacial score (nSPS) is 18.1. The van der Waals surface area contributed by atoms with Crippen molar-refractivity contribution in [1.29, 1.82) is 0 Å². The maximum Gasteiger partial charge on any atom is 0.239 e. The number of hydrogen-bond donors (Lipinski definition) is 1. The fourth-order valence-electron chi connectivity index (χ4n) is 2.96. The van der Waals surface area contributed by atoms with E-state index < -0.39 is 21.7 Å². The molecule has 1 aromatic carbocycles. The number of nitrogens with zero attached hydrogens (tertiary/aromatic N) is 2. The number of hydrogen-bond acceptors (Lipinski definition) is 4. The highest BCUT2D eigenvalue weighted by molar-refractivity contribution is 7.89. The van der Waals surface area contributed by atoms with Crippen molar-refractivity contribution in [2.45, 2.75) is 19.9 Å². The lowest BCUT2D eigenvalue weighted by Crippen LogP contribution is -2.51. The molecule has 2 rings (SSSR count). The summed E-state index contributed by atoms with van der Waals surface area (Å²) in [6.07, 6.45) is 0. The van der Waals surface area contributed by atoms with Crippen LogP contribution in [0.15, 0.2) is 24.3 Å². The Morgan fingerprint density at radius 2 is 2.04 bits per heavy atom. The molecule has 1 fully saturated rings. The fourth-order valence-corrected chi connectivity index (χ4v) is 4.41. The molecule has 9 heteroatoms. The van der Waals surface area contributed by atoms with Crippen molar-refractivity contribution in [3.63, 3.8) is 0 Å². The second-order valence-corrected chi connectivity index (χ2v) is 7.67. The molecule has 1 aliphatic rings. The van der Waals surface area contributed by atoms with Gasteiger partial charge in [0.2, 0.25) is 15.9 Å². The quantitative estimate of drug-likeness (QED) is 0.793. The Balaban J connectivity index is 0.00000312. The zero-order chi connectivity index (χ0) is 17.7. The van der Waals surface area contributed by atoms with Gasteiger partial charge in [0.05, 0.1) is 6.04 Å². The van der Waals surface area contributed by atoms with Crippen LogP contribution in [0, 0.1) is 5.82 Å². The van der Waals surface area contributed by atoms with Crippen molar-refractivity contribution in [1.82, 2.24) is 14.5 Å². The van der Waals surface area contributed by atoms with Crippen LogP contribution in [-0.2, 0) is 14.8 Å². The lowest BCUT2D eigenvalue weighted by Gasteiger charge is -2.37. The number of rotatable bonds is 6. The number of halogens is 2. The van der Waals surface area contributed by atoms with Gasteiger partial charge >= 0.3 is 0 Å². The van der Waals surface area contributed by atoms with Crippen molar-refractivity contribution in [2.75, 3.05) is 38.5 Å². The Morgan fingerprint density at radius 3 is 2.64 bits per heavy atom. The highest BCUT2D eigenvalue weighted by atomic mass is 35.5. The molecule has 1 atom stereocenters. The molecule has 1 saturated heterocycles. The van der Waals surface area contributed by atoms with Gasteiger partial charge in [-0.1, -0.05) is 26.0 Å². The lowest BCUT2D eigenvalue weighted by molar-refractivity contribution is -0.131. The Labute approximate surface area is 154 Å². The van der Waals surface area contributed by atoms with Crippen molar-refractivity contribution in [2.24, 2.45) is 0 Å². The van der Waals surface area contributed by atoms with E-state index in [0.717, 1.165) is 0 Å². The summed E-state index contributed by atoms with van der Waals surface area (Å²) in [6.45, 7) is 5.61. The smallest absolute Gasteiger partial charge is 0.239 e. The van der Waals surface area contributed by atoms with E-state index in [1.54, 1.807) is 26.0 Å². The van der Waals surface area contributed by atoms with Crippen LogP contribution >= 0.6 is 12.4 Å². The maximum absolute atomic E-state index is 13.5. The molecule has 1 unspecified atom stereocenters. The Bertz CT molecular complexity index is 683. The SMILES string of the molecule is CCN(CC)S(=O)(=O)CC(=O)N1CCNCC1c1cccc(F)c1.Cl. The van der Waals surface area contributed by atoms with Gasteiger partial charge in [0, 0.05) is 32.7 Å². The van der Waals surface area contributed by atoms with Gasteiger partial charge in [0.1, 0.15) is 11.6 Å². The number of benzene rings is 1. The number of carbonyl (C=O) groups is 1. The van der Waals surface area contributed by atoms with E-state index in [1.165, 1.54) is 21.3 Å². The molecule has 1 heterocycles. The van der Waals surface area contributed by atoms with Crippen LogP contribution in [0.1, 0.15) is 25.5 Å². The topological polar surface area (TPSA) is 69.7 Å². The summed E-state index contributed by atoms with van der Waals surface area (Å²) in [5.74, 6) is -1.38. The van der Waals surface area contributed by atoms with Crippen LogP contribution in [-0.4, -0.2) is 62.0 Å². The number of amides is 1. The first-order valence-electron chi connectivity index (χ1n) is 8.12. The van der Waals surface area contributed by atoms with Crippen LogP contribution < -0.4 is 5.32 Å². The third-order valence-electron chi connectivity index (χ3n) is 4.20. The summed E-state index contributed by atoms with van der Waals surface area (Å²) >= 11 is 0. The molecule has 0 bridgehead atoms. The highest BCUT2D eigenvalue weighted by Gasteiger charge is 2.32. The largest absolute Gasteiger partial charge is 0.332 e. The van der Waals surface area contributed by atoms with E-state index in [-0.39, 0.29) is 24.3 Å². The van der Waals surface area contributed by atoms with E-state index in [4.69, 9.17) is 0 Å². The van der Waals surface area contributed by atoms with Crippen LogP contribution in [0.4, 0.5) is 4.39 Å². The minimum Gasteiger partial charge on any atom is -0.332 e. The molecule has 1 aromatic rings. The average Bonchev–Trinajstić information content (AvgIpc) is 2.55. The Hall–Kier alpha value is -1.22. The van der Waals surface area contributed by atoms with E-state index in [0.29, 0.717) is 38.3 Å². The zero-order valence-corrected chi connectivity index (χ0v) is 16.1. The molecule has 0 saturated carbocycles. The molecule has 1 aliphatic heterocycles. The second kappa shape index (κ2) is 9.47. The van der Waals surface area contributed by atoms with Gasteiger partial charge in [-0.05, 0) is 17.7 Å². The summed E-state index contributed by atoms with van der Waals surface area (Å²) in [6, 6.07) is 5.70. The van der Waals surface area contributed by atoms with Crippen molar-refractivity contribution in [3.05, 3.63) is 35.6 Å². The average molecular weight is 394 g/mol. The fraction of sp³-hybridized carbons (Fsp3) is 0.562. The first kappa shape index (κ1) is 21.8. The molecule has 0 radical (unpaired) electrons. The number of sulfonamides is 1. The Morgan fingerprint density at radius 1 is 1.36 bits per heavy atom. The van der Waals surface area contributed by atoms with E-state index >= 15 is 0 Å². The van der Waals surface area contributed by atoms with E-state index in [9.17, 15) is 17.6 Å². The molecule has 1 amide bonds. The van der Waals surface area contributed by atoms with Gasteiger partial charge in [-0.2, -0.15) is 0 Å². The molecule has 1 N–H and O–H groups in total. The van der Waals surface area contributed by atoms with Gasteiger partial charge in [-0.3, -0.25) is 4.79 Å².